The Morgan fingerprint density at radius 2 is 2.26 bits per heavy atom. The van der Waals surface area contributed by atoms with Crippen LogP contribution in [0.1, 0.15) is 27.0 Å². The van der Waals surface area contributed by atoms with Crippen molar-refractivity contribution in [1.29, 1.82) is 0 Å². The van der Waals surface area contributed by atoms with Gasteiger partial charge in [-0.05, 0) is 25.0 Å². The van der Waals surface area contributed by atoms with Gasteiger partial charge < -0.3 is 15.2 Å². The molecule has 0 bridgehead atoms. The van der Waals surface area contributed by atoms with Gasteiger partial charge in [-0.3, -0.25) is 9.59 Å². The summed E-state index contributed by atoms with van der Waals surface area (Å²) in [7, 11) is 0. The van der Waals surface area contributed by atoms with E-state index in [0.29, 0.717) is 4.88 Å². The average Bonchev–Trinajstić information content (AvgIpc) is 2.95. The highest BCUT2D eigenvalue weighted by Gasteiger charge is 2.35. The molecule has 2 heterocycles. The maximum atomic E-state index is 12.1. The highest BCUT2D eigenvalue weighted by Crippen LogP contribution is 2.23. The van der Waals surface area contributed by atoms with Crippen LogP contribution < -0.4 is 5.32 Å². The number of carbonyl (C=O) groups excluding carboxylic acids is 1. The number of amides is 1. The van der Waals surface area contributed by atoms with Gasteiger partial charge in [0.15, 0.2) is 0 Å². The van der Waals surface area contributed by atoms with Crippen molar-refractivity contribution in [3.05, 3.63) is 21.4 Å². The van der Waals surface area contributed by atoms with Crippen LogP contribution in [0.3, 0.4) is 0 Å². The predicted molar refractivity (Wildman–Crippen MR) is 71.6 cm³/mol. The van der Waals surface area contributed by atoms with Gasteiger partial charge in [-0.1, -0.05) is 6.92 Å². The molecule has 1 aliphatic rings. The molecule has 6 heteroatoms. The smallest absolute Gasteiger partial charge is 0.311 e. The Kier molecular flexibility index (Phi) is 4.21. The molecular weight excluding hydrogens is 266 g/mol. The molecule has 2 atom stereocenters. The Hall–Kier alpha value is -1.40. The SMILES string of the molecule is CCc1sc(C(=O)NC2COCC2C(=O)O)cc1C. The summed E-state index contributed by atoms with van der Waals surface area (Å²) in [6.45, 7) is 4.44. The second-order valence-electron chi connectivity index (χ2n) is 4.63. The molecule has 2 rings (SSSR count). The van der Waals surface area contributed by atoms with Crippen LogP contribution in [0.25, 0.3) is 0 Å². The third-order valence-corrected chi connectivity index (χ3v) is 4.66. The molecule has 104 valence electrons. The quantitative estimate of drug-likeness (QED) is 0.877. The summed E-state index contributed by atoms with van der Waals surface area (Å²) >= 11 is 1.46. The van der Waals surface area contributed by atoms with E-state index in [9.17, 15) is 9.59 Å². The molecule has 1 aromatic heterocycles. The minimum Gasteiger partial charge on any atom is -0.481 e. The number of carbonyl (C=O) groups is 2. The van der Waals surface area contributed by atoms with E-state index in [1.54, 1.807) is 0 Å². The van der Waals surface area contributed by atoms with Crippen LogP contribution >= 0.6 is 11.3 Å². The summed E-state index contributed by atoms with van der Waals surface area (Å²) in [5.74, 6) is -1.80. The van der Waals surface area contributed by atoms with E-state index < -0.39 is 17.9 Å². The molecule has 2 N–H and O–H groups in total. The molecule has 1 saturated heterocycles. The maximum absolute atomic E-state index is 12.1. The van der Waals surface area contributed by atoms with E-state index in [-0.39, 0.29) is 19.1 Å². The molecule has 0 aliphatic carbocycles. The fraction of sp³-hybridized carbons (Fsp3) is 0.538. The lowest BCUT2D eigenvalue weighted by molar-refractivity contribution is -0.142. The summed E-state index contributed by atoms with van der Waals surface area (Å²) in [5.41, 5.74) is 1.11. The number of nitrogens with one attached hydrogen (secondary N) is 1. The Labute approximate surface area is 115 Å². The molecule has 5 nitrogen and oxygen atoms in total. The number of hydrogen-bond donors (Lipinski definition) is 2. The summed E-state index contributed by atoms with van der Waals surface area (Å²) in [5, 5.41) is 11.8. The molecule has 1 amide bonds. The van der Waals surface area contributed by atoms with Crippen molar-refractivity contribution in [3.8, 4) is 0 Å². The van der Waals surface area contributed by atoms with Gasteiger partial charge in [0.25, 0.3) is 5.91 Å². The van der Waals surface area contributed by atoms with Crippen molar-refractivity contribution in [2.45, 2.75) is 26.3 Å². The van der Waals surface area contributed by atoms with Crippen LogP contribution in [-0.2, 0) is 16.0 Å². The van der Waals surface area contributed by atoms with E-state index in [1.807, 2.05) is 19.9 Å². The largest absolute Gasteiger partial charge is 0.481 e. The van der Waals surface area contributed by atoms with Crippen LogP contribution in [0.2, 0.25) is 0 Å². The summed E-state index contributed by atoms with van der Waals surface area (Å²) in [6.07, 6.45) is 0.897. The fourth-order valence-corrected chi connectivity index (χ4v) is 3.18. The van der Waals surface area contributed by atoms with Gasteiger partial charge >= 0.3 is 5.97 Å². The predicted octanol–water partition coefficient (Wildman–Crippen LogP) is 1.45. The monoisotopic (exact) mass is 283 g/mol. The molecule has 0 spiro atoms. The highest BCUT2D eigenvalue weighted by molar-refractivity contribution is 7.14. The lowest BCUT2D eigenvalue weighted by Gasteiger charge is -2.14. The van der Waals surface area contributed by atoms with Gasteiger partial charge in [0.1, 0.15) is 5.92 Å². The third-order valence-electron chi connectivity index (χ3n) is 3.28. The second kappa shape index (κ2) is 5.71. The maximum Gasteiger partial charge on any atom is 0.311 e. The number of thiophene rings is 1. The summed E-state index contributed by atoms with van der Waals surface area (Å²) in [4.78, 5) is 24.9. The Morgan fingerprint density at radius 1 is 1.53 bits per heavy atom. The van der Waals surface area contributed by atoms with Crippen molar-refractivity contribution < 1.29 is 19.4 Å². The lowest BCUT2D eigenvalue weighted by atomic mass is 10.0. The first kappa shape index (κ1) is 14.0. The number of aryl methyl sites for hydroxylation is 2. The lowest BCUT2D eigenvalue weighted by Crippen LogP contribution is -2.42. The molecule has 1 aromatic rings. The number of carboxylic acids is 1. The van der Waals surface area contributed by atoms with Gasteiger partial charge in [-0.25, -0.2) is 0 Å². The van der Waals surface area contributed by atoms with Gasteiger partial charge in [-0.2, -0.15) is 0 Å². The van der Waals surface area contributed by atoms with Crippen molar-refractivity contribution >= 4 is 23.2 Å². The highest BCUT2D eigenvalue weighted by atomic mass is 32.1. The zero-order chi connectivity index (χ0) is 14.0. The minimum absolute atomic E-state index is 0.157. The van der Waals surface area contributed by atoms with Crippen molar-refractivity contribution in [2.24, 2.45) is 5.92 Å². The van der Waals surface area contributed by atoms with Gasteiger partial charge in [0.2, 0.25) is 0 Å². The zero-order valence-electron chi connectivity index (χ0n) is 10.9. The number of aliphatic carboxylic acids is 1. The zero-order valence-corrected chi connectivity index (χ0v) is 11.8. The molecule has 19 heavy (non-hydrogen) atoms. The fourth-order valence-electron chi connectivity index (χ4n) is 2.16. The molecular formula is C13H17NO4S. The van der Waals surface area contributed by atoms with Crippen LogP contribution in [-0.4, -0.2) is 36.2 Å². The molecule has 1 aliphatic heterocycles. The van der Waals surface area contributed by atoms with Crippen molar-refractivity contribution in [1.82, 2.24) is 5.32 Å². The van der Waals surface area contributed by atoms with Crippen molar-refractivity contribution in [3.63, 3.8) is 0 Å². The van der Waals surface area contributed by atoms with Crippen LogP contribution in [0.15, 0.2) is 6.07 Å². The topological polar surface area (TPSA) is 75.6 Å². The van der Waals surface area contributed by atoms with Gasteiger partial charge in [0, 0.05) is 4.88 Å². The van der Waals surface area contributed by atoms with Crippen LogP contribution in [0, 0.1) is 12.8 Å². The summed E-state index contributed by atoms with van der Waals surface area (Å²) in [6, 6.07) is 1.40. The Balaban J connectivity index is 2.06. The van der Waals surface area contributed by atoms with Crippen molar-refractivity contribution in [2.75, 3.05) is 13.2 Å². The van der Waals surface area contributed by atoms with E-state index >= 15 is 0 Å². The molecule has 0 saturated carbocycles. The van der Waals surface area contributed by atoms with E-state index in [1.165, 1.54) is 16.2 Å². The average molecular weight is 283 g/mol. The second-order valence-corrected chi connectivity index (χ2v) is 5.77. The molecule has 0 aromatic carbocycles. The number of rotatable bonds is 4. The van der Waals surface area contributed by atoms with Gasteiger partial charge in [-0.15, -0.1) is 11.3 Å². The van der Waals surface area contributed by atoms with E-state index in [4.69, 9.17) is 9.84 Å². The number of carboxylic acid groups (broad SMARTS) is 1. The molecule has 2 unspecified atom stereocenters. The number of ether oxygens (including phenoxy) is 1. The minimum atomic E-state index is -0.931. The third kappa shape index (κ3) is 2.96. The van der Waals surface area contributed by atoms with Gasteiger partial charge in [0.05, 0.1) is 24.1 Å². The van der Waals surface area contributed by atoms with E-state index in [2.05, 4.69) is 5.32 Å². The van der Waals surface area contributed by atoms with Crippen LogP contribution in [0.4, 0.5) is 0 Å². The first-order chi connectivity index (χ1) is 9.02. The first-order valence-corrected chi connectivity index (χ1v) is 7.05. The number of hydrogen-bond acceptors (Lipinski definition) is 4. The normalized spacial score (nSPS) is 22.4. The van der Waals surface area contributed by atoms with Crippen LogP contribution in [0.5, 0.6) is 0 Å². The Morgan fingerprint density at radius 3 is 2.84 bits per heavy atom. The first-order valence-electron chi connectivity index (χ1n) is 6.23. The molecule has 0 radical (unpaired) electrons. The standard InChI is InChI=1S/C13H17NO4S/c1-3-10-7(2)4-11(19-10)12(15)14-9-6-18-5-8(9)13(16)17/h4,8-9H,3,5-6H2,1-2H3,(H,14,15)(H,16,17). The summed E-state index contributed by atoms with van der Waals surface area (Å²) < 4.78 is 5.13. The Bertz CT molecular complexity index is 497. The molecule has 1 fully saturated rings. The van der Waals surface area contributed by atoms with E-state index in [0.717, 1.165) is 12.0 Å².